The van der Waals surface area contributed by atoms with Crippen molar-refractivity contribution in [3.63, 3.8) is 0 Å². The van der Waals surface area contributed by atoms with E-state index >= 15 is 0 Å². The van der Waals surface area contributed by atoms with Crippen molar-refractivity contribution in [1.29, 1.82) is 0 Å². The molecule has 0 spiro atoms. The van der Waals surface area contributed by atoms with Gasteiger partial charge in [0.2, 0.25) is 0 Å². The van der Waals surface area contributed by atoms with Gasteiger partial charge in [0.05, 0.1) is 13.2 Å². The lowest BCUT2D eigenvalue weighted by Gasteiger charge is -2.71. The first-order valence-corrected chi connectivity index (χ1v) is 16.2. The molecule has 0 saturated heterocycles. The van der Waals surface area contributed by atoms with Crippen LogP contribution in [-0.2, 0) is 19.1 Å². The Morgan fingerprint density at radius 1 is 0.950 bits per heavy atom. The lowest BCUT2D eigenvalue weighted by molar-refractivity contribution is -0.224. The predicted molar refractivity (Wildman–Crippen MR) is 157 cm³/mol. The zero-order valence-corrected chi connectivity index (χ0v) is 26.8. The zero-order chi connectivity index (χ0) is 29.5. The maximum atomic E-state index is 13.5. The molecule has 5 rings (SSSR count). The molecule has 0 aromatic rings. The Balaban J connectivity index is 1.54. The van der Waals surface area contributed by atoms with Crippen molar-refractivity contribution in [3.8, 4) is 0 Å². The van der Waals surface area contributed by atoms with Crippen LogP contribution < -0.4 is 0 Å². The highest BCUT2D eigenvalue weighted by Gasteiger charge is 2.71. The van der Waals surface area contributed by atoms with E-state index in [-0.39, 0.29) is 51.0 Å². The van der Waals surface area contributed by atoms with Gasteiger partial charge in [-0.05, 0) is 104 Å². The summed E-state index contributed by atoms with van der Waals surface area (Å²) in [5, 5.41) is 12.0. The van der Waals surface area contributed by atoms with Crippen molar-refractivity contribution >= 4 is 11.9 Å². The predicted octanol–water partition coefficient (Wildman–Crippen LogP) is 7.64. The summed E-state index contributed by atoms with van der Waals surface area (Å²) in [7, 11) is 1.49. The molecular formula is C35H56O5. The zero-order valence-electron chi connectivity index (χ0n) is 26.8. The van der Waals surface area contributed by atoms with Crippen LogP contribution in [0.1, 0.15) is 126 Å². The largest absolute Gasteiger partial charge is 0.468 e. The summed E-state index contributed by atoms with van der Waals surface area (Å²) in [4.78, 5) is 26.0. The standard InChI is InChI=1S/C35H56O5/c1-10-11-28(37)40-27-15-16-32(6)24(31(27,4)5)14-17-33(7)25(32)13-12-22-23-20-30(2,3)18-19-35(23,29(38)39-9)26(36)21-34(22,33)8/h12,23-27,36H,10-11,13-21H2,1-9H3/t23-,24+,25-,26-,27+,32+,33-,34-,35-/m1/s1. The van der Waals surface area contributed by atoms with Crippen LogP contribution >= 0.6 is 0 Å². The van der Waals surface area contributed by atoms with Crippen molar-refractivity contribution in [2.75, 3.05) is 7.11 Å². The van der Waals surface area contributed by atoms with Crippen LogP contribution in [0.5, 0.6) is 0 Å². The molecule has 0 heterocycles. The third kappa shape index (κ3) is 3.94. The molecule has 4 saturated carbocycles. The molecule has 5 nitrogen and oxygen atoms in total. The Morgan fingerprint density at radius 3 is 2.30 bits per heavy atom. The Hall–Kier alpha value is -1.36. The summed E-state index contributed by atoms with van der Waals surface area (Å²) in [6.07, 6.45) is 11.5. The number of rotatable bonds is 4. The molecular weight excluding hydrogens is 500 g/mol. The molecule has 4 fully saturated rings. The van der Waals surface area contributed by atoms with Crippen LogP contribution in [0.2, 0.25) is 0 Å². The summed E-state index contributed by atoms with van der Waals surface area (Å²) in [6, 6.07) is 0. The average molecular weight is 557 g/mol. The minimum absolute atomic E-state index is 0.0194. The Labute approximate surface area is 243 Å². The number of hydrogen-bond acceptors (Lipinski definition) is 5. The second-order valence-electron chi connectivity index (χ2n) is 16.6. The van der Waals surface area contributed by atoms with E-state index in [0.717, 1.165) is 51.4 Å². The topological polar surface area (TPSA) is 72.8 Å². The third-order valence-electron chi connectivity index (χ3n) is 13.9. The van der Waals surface area contributed by atoms with Crippen LogP contribution in [0.25, 0.3) is 0 Å². The molecule has 40 heavy (non-hydrogen) atoms. The molecule has 5 aliphatic carbocycles. The summed E-state index contributed by atoms with van der Waals surface area (Å²) in [5.74, 6) is 0.702. The molecule has 0 radical (unpaired) electrons. The van der Waals surface area contributed by atoms with Crippen LogP contribution in [-0.4, -0.2) is 36.4 Å². The van der Waals surface area contributed by atoms with E-state index in [0.29, 0.717) is 31.1 Å². The van der Waals surface area contributed by atoms with E-state index in [4.69, 9.17) is 9.47 Å². The summed E-state index contributed by atoms with van der Waals surface area (Å²) in [6.45, 7) is 18.8. The summed E-state index contributed by atoms with van der Waals surface area (Å²) in [5.41, 5.74) is 0.619. The van der Waals surface area contributed by atoms with Gasteiger partial charge in [-0.2, -0.15) is 0 Å². The fourth-order valence-corrected chi connectivity index (χ4v) is 11.5. The van der Waals surface area contributed by atoms with Crippen molar-refractivity contribution < 1.29 is 24.2 Å². The lowest BCUT2D eigenvalue weighted by Crippen LogP contribution is -2.67. The monoisotopic (exact) mass is 556 g/mol. The van der Waals surface area contributed by atoms with Crippen LogP contribution in [0.3, 0.4) is 0 Å². The van der Waals surface area contributed by atoms with Crippen LogP contribution in [0.4, 0.5) is 0 Å². The van der Waals surface area contributed by atoms with Gasteiger partial charge in [-0.1, -0.05) is 67.0 Å². The highest BCUT2D eigenvalue weighted by atomic mass is 16.5. The van der Waals surface area contributed by atoms with Gasteiger partial charge in [-0.3, -0.25) is 9.59 Å². The number of methoxy groups -OCH3 is 1. The van der Waals surface area contributed by atoms with Gasteiger partial charge in [0.15, 0.2) is 0 Å². The molecule has 0 amide bonds. The fourth-order valence-electron chi connectivity index (χ4n) is 11.5. The number of esters is 2. The van der Waals surface area contributed by atoms with Gasteiger partial charge in [-0.15, -0.1) is 0 Å². The molecule has 226 valence electrons. The number of carbonyl (C=O) groups is 2. The van der Waals surface area contributed by atoms with E-state index in [1.54, 1.807) is 0 Å². The first kappa shape index (κ1) is 30.1. The quantitative estimate of drug-likeness (QED) is 0.284. The highest BCUT2D eigenvalue weighted by Crippen LogP contribution is 2.76. The molecule has 9 atom stereocenters. The maximum Gasteiger partial charge on any atom is 0.315 e. The molecule has 0 aromatic heterocycles. The van der Waals surface area contributed by atoms with Crippen molar-refractivity contribution in [2.24, 2.45) is 50.2 Å². The number of hydrogen-bond donors (Lipinski definition) is 1. The van der Waals surface area contributed by atoms with Crippen molar-refractivity contribution in [3.05, 3.63) is 11.6 Å². The molecule has 0 unspecified atom stereocenters. The van der Waals surface area contributed by atoms with Gasteiger partial charge >= 0.3 is 11.9 Å². The fraction of sp³-hybridized carbons (Fsp3) is 0.886. The highest BCUT2D eigenvalue weighted by molar-refractivity contribution is 5.79. The molecule has 0 aromatic carbocycles. The maximum absolute atomic E-state index is 13.5. The SMILES string of the molecule is CCCC(=O)O[C@H]1CC[C@]2(C)[C@H]3CC=C4[C@H]5CC(C)(C)CC[C@]5(C(=O)OC)[C@H](O)C[C@@]4(C)[C@]3(C)CC[C@H]2C1(C)C. The third-order valence-corrected chi connectivity index (χ3v) is 13.9. The van der Waals surface area contributed by atoms with E-state index in [1.165, 1.54) is 12.7 Å². The Morgan fingerprint density at radius 2 is 1.65 bits per heavy atom. The Bertz CT molecular complexity index is 1070. The molecule has 1 N–H and O–H groups in total. The van der Waals surface area contributed by atoms with E-state index in [2.05, 4.69) is 54.5 Å². The minimum atomic E-state index is -0.831. The summed E-state index contributed by atoms with van der Waals surface area (Å²) >= 11 is 0. The number of carbonyl (C=O) groups excluding carboxylic acids is 2. The van der Waals surface area contributed by atoms with Crippen molar-refractivity contribution in [2.45, 2.75) is 138 Å². The van der Waals surface area contributed by atoms with Crippen molar-refractivity contribution in [1.82, 2.24) is 0 Å². The number of aliphatic hydroxyl groups excluding tert-OH is 1. The number of aliphatic hydroxyl groups is 1. The average Bonchev–Trinajstić information content (AvgIpc) is 2.85. The molecule has 0 bridgehead atoms. The smallest absolute Gasteiger partial charge is 0.315 e. The minimum Gasteiger partial charge on any atom is -0.468 e. The molecule has 5 heteroatoms. The first-order valence-electron chi connectivity index (χ1n) is 16.2. The van der Waals surface area contributed by atoms with Gasteiger partial charge < -0.3 is 14.6 Å². The lowest BCUT2D eigenvalue weighted by atomic mass is 9.33. The van der Waals surface area contributed by atoms with E-state index in [1.807, 2.05) is 6.92 Å². The van der Waals surface area contributed by atoms with Gasteiger partial charge in [0.25, 0.3) is 0 Å². The molecule has 5 aliphatic rings. The second-order valence-corrected chi connectivity index (χ2v) is 16.6. The molecule has 0 aliphatic heterocycles. The number of fused-ring (bicyclic) bond motifs is 7. The Kier molecular flexibility index (Phi) is 7.21. The number of ether oxygens (including phenoxy) is 2. The van der Waals surface area contributed by atoms with Gasteiger partial charge in [-0.25, -0.2) is 0 Å². The van der Waals surface area contributed by atoms with Gasteiger partial charge in [0.1, 0.15) is 11.5 Å². The van der Waals surface area contributed by atoms with Crippen LogP contribution in [0, 0.1) is 50.2 Å². The number of allylic oxidation sites excluding steroid dienone is 2. The second kappa shape index (κ2) is 9.58. The van der Waals surface area contributed by atoms with E-state index < -0.39 is 11.5 Å². The van der Waals surface area contributed by atoms with Crippen LogP contribution in [0.15, 0.2) is 11.6 Å². The normalized spacial score (nSPS) is 47.0. The first-order chi connectivity index (χ1) is 18.5. The van der Waals surface area contributed by atoms with Gasteiger partial charge in [0, 0.05) is 11.8 Å². The summed E-state index contributed by atoms with van der Waals surface area (Å²) < 4.78 is 11.6. The van der Waals surface area contributed by atoms with E-state index in [9.17, 15) is 14.7 Å².